The van der Waals surface area contributed by atoms with Crippen molar-refractivity contribution in [1.29, 1.82) is 0 Å². The van der Waals surface area contributed by atoms with Crippen molar-refractivity contribution in [2.24, 2.45) is 0 Å². The van der Waals surface area contributed by atoms with Gasteiger partial charge >= 0.3 is 0 Å². The van der Waals surface area contributed by atoms with Crippen LogP contribution in [0, 0.1) is 0 Å². The van der Waals surface area contributed by atoms with E-state index in [4.69, 9.17) is 4.74 Å². The van der Waals surface area contributed by atoms with Crippen LogP contribution in [0.2, 0.25) is 0 Å². The zero-order valence-corrected chi connectivity index (χ0v) is 20.3. The SMILES string of the molecule is OCCOc1ccc2cc(-c3ccccc3)ccc2c1-c1c(O)ccc2cc(-c3ccccc3)ccc12. The van der Waals surface area contributed by atoms with Gasteiger partial charge < -0.3 is 14.9 Å². The van der Waals surface area contributed by atoms with Crippen molar-refractivity contribution in [2.75, 3.05) is 13.2 Å². The van der Waals surface area contributed by atoms with E-state index in [-0.39, 0.29) is 19.0 Å². The summed E-state index contributed by atoms with van der Waals surface area (Å²) in [7, 11) is 0. The van der Waals surface area contributed by atoms with Gasteiger partial charge in [-0.3, -0.25) is 0 Å². The molecule has 0 radical (unpaired) electrons. The molecule has 0 saturated heterocycles. The molecule has 0 saturated carbocycles. The minimum absolute atomic E-state index is 0.0909. The molecule has 0 aliphatic carbocycles. The summed E-state index contributed by atoms with van der Waals surface area (Å²) in [5.74, 6) is 0.817. The summed E-state index contributed by atoms with van der Waals surface area (Å²) in [6.07, 6.45) is 0. The second kappa shape index (κ2) is 9.81. The number of aromatic hydroxyl groups is 1. The van der Waals surface area contributed by atoms with Crippen molar-refractivity contribution >= 4 is 21.5 Å². The number of rotatable bonds is 6. The molecule has 0 fully saturated rings. The van der Waals surface area contributed by atoms with E-state index in [1.54, 1.807) is 6.07 Å². The zero-order valence-electron chi connectivity index (χ0n) is 20.3. The number of aliphatic hydroxyl groups excluding tert-OH is 1. The third-order valence-corrected chi connectivity index (χ3v) is 6.79. The van der Waals surface area contributed by atoms with Gasteiger partial charge in [-0.1, -0.05) is 97.1 Å². The summed E-state index contributed by atoms with van der Waals surface area (Å²) in [5.41, 5.74) is 6.08. The fourth-order valence-corrected chi connectivity index (χ4v) is 5.04. The molecule has 0 bridgehead atoms. The van der Waals surface area contributed by atoms with Gasteiger partial charge in [-0.05, 0) is 68.1 Å². The minimum Gasteiger partial charge on any atom is -0.507 e. The van der Waals surface area contributed by atoms with Gasteiger partial charge in [0.1, 0.15) is 18.1 Å². The second-order valence-corrected chi connectivity index (χ2v) is 9.07. The fourth-order valence-electron chi connectivity index (χ4n) is 5.04. The van der Waals surface area contributed by atoms with E-state index in [0.717, 1.165) is 54.9 Å². The monoisotopic (exact) mass is 482 g/mol. The lowest BCUT2D eigenvalue weighted by Gasteiger charge is -2.18. The van der Waals surface area contributed by atoms with E-state index >= 15 is 0 Å². The molecule has 6 aromatic rings. The van der Waals surface area contributed by atoms with Crippen LogP contribution in [0.15, 0.2) is 121 Å². The minimum atomic E-state index is -0.0909. The molecule has 6 rings (SSSR count). The van der Waals surface area contributed by atoms with Crippen molar-refractivity contribution in [3.63, 3.8) is 0 Å². The van der Waals surface area contributed by atoms with Crippen LogP contribution in [0.4, 0.5) is 0 Å². The Labute approximate surface area is 215 Å². The van der Waals surface area contributed by atoms with Crippen molar-refractivity contribution < 1.29 is 14.9 Å². The van der Waals surface area contributed by atoms with E-state index in [1.165, 1.54) is 0 Å². The molecule has 6 aromatic carbocycles. The van der Waals surface area contributed by atoms with Gasteiger partial charge in [0.2, 0.25) is 0 Å². The number of hydrogen-bond donors (Lipinski definition) is 2. The van der Waals surface area contributed by atoms with Gasteiger partial charge in [0, 0.05) is 11.1 Å². The Morgan fingerprint density at radius 2 is 1.05 bits per heavy atom. The highest BCUT2D eigenvalue weighted by molar-refractivity contribution is 6.10. The summed E-state index contributed by atoms with van der Waals surface area (Å²) < 4.78 is 6.00. The third kappa shape index (κ3) is 4.31. The second-order valence-electron chi connectivity index (χ2n) is 9.07. The van der Waals surface area contributed by atoms with Crippen LogP contribution in [0.1, 0.15) is 0 Å². The summed E-state index contributed by atoms with van der Waals surface area (Å²) in [5, 5.41) is 24.6. The van der Waals surface area contributed by atoms with Gasteiger partial charge in [-0.15, -0.1) is 0 Å². The molecule has 3 heteroatoms. The largest absolute Gasteiger partial charge is 0.507 e. The van der Waals surface area contributed by atoms with Crippen LogP contribution in [0.5, 0.6) is 11.5 Å². The van der Waals surface area contributed by atoms with E-state index in [2.05, 4.69) is 60.7 Å². The Bertz CT molecular complexity index is 1710. The van der Waals surface area contributed by atoms with Crippen molar-refractivity contribution in [3.05, 3.63) is 121 Å². The first-order valence-corrected chi connectivity index (χ1v) is 12.4. The molecule has 0 heterocycles. The van der Waals surface area contributed by atoms with Crippen LogP contribution < -0.4 is 4.74 Å². The number of ether oxygens (including phenoxy) is 1. The van der Waals surface area contributed by atoms with E-state index < -0.39 is 0 Å². The topological polar surface area (TPSA) is 49.7 Å². The van der Waals surface area contributed by atoms with Gasteiger partial charge in [0.05, 0.1) is 6.61 Å². The highest BCUT2D eigenvalue weighted by Gasteiger charge is 2.19. The molecule has 0 aliphatic rings. The molecular formula is C34H26O3. The van der Waals surface area contributed by atoms with Gasteiger partial charge in [0.25, 0.3) is 0 Å². The molecule has 180 valence electrons. The van der Waals surface area contributed by atoms with Crippen molar-refractivity contribution in [2.45, 2.75) is 0 Å². The third-order valence-electron chi connectivity index (χ3n) is 6.79. The quantitative estimate of drug-likeness (QED) is 0.252. The fraction of sp³-hybridized carbons (Fsp3) is 0.0588. The normalized spacial score (nSPS) is 11.2. The maximum atomic E-state index is 11.2. The van der Waals surface area contributed by atoms with Crippen LogP contribution >= 0.6 is 0 Å². The molecule has 0 amide bonds. The van der Waals surface area contributed by atoms with Crippen LogP contribution in [0.25, 0.3) is 54.9 Å². The molecule has 0 aliphatic heterocycles. The number of fused-ring (bicyclic) bond motifs is 2. The van der Waals surface area contributed by atoms with Crippen molar-refractivity contribution in [3.8, 4) is 44.9 Å². The predicted octanol–water partition coefficient (Wildman–Crippen LogP) is 8.07. The molecular weight excluding hydrogens is 456 g/mol. The Kier molecular flexibility index (Phi) is 6.05. The molecule has 0 aromatic heterocycles. The molecule has 3 nitrogen and oxygen atoms in total. The van der Waals surface area contributed by atoms with Crippen LogP contribution in [-0.2, 0) is 0 Å². The van der Waals surface area contributed by atoms with Gasteiger partial charge in [-0.25, -0.2) is 0 Å². The smallest absolute Gasteiger partial charge is 0.128 e. The lowest BCUT2D eigenvalue weighted by molar-refractivity contribution is 0.202. The Morgan fingerprint density at radius 1 is 0.514 bits per heavy atom. The van der Waals surface area contributed by atoms with Crippen LogP contribution in [-0.4, -0.2) is 23.4 Å². The highest BCUT2D eigenvalue weighted by atomic mass is 16.5. The molecule has 0 unspecified atom stereocenters. The summed E-state index contributed by atoms with van der Waals surface area (Å²) in [6.45, 7) is 0.0800. The first-order valence-electron chi connectivity index (χ1n) is 12.4. The number of benzene rings is 6. The average Bonchev–Trinajstić information content (AvgIpc) is 2.96. The Morgan fingerprint density at radius 3 is 1.62 bits per heavy atom. The van der Waals surface area contributed by atoms with Crippen molar-refractivity contribution in [1.82, 2.24) is 0 Å². The maximum Gasteiger partial charge on any atom is 0.128 e. The standard InChI is InChI=1S/C34H26O3/c35-19-20-37-32-18-14-28-22-26(24-9-5-2-6-10-24)12-16-30(28)34(32)33-29-15-11-25(23-7-3-1-4-8-23)21-27(29)13-17-31(33)36/h1-18,21-22,35-36H,19-20H2. The average molecular weight is 483 g/mol. The number of phenolic OH excluding ortho intramolecular Hbond substituents is 1. The van der Waals surface area contributed by atoms with E-state index in [9.17, 15) is 10.2 Å². The molecule has 2 N–H and O–H groups in total. The maximum absolute atomic E-state index is 11.2. The predicted molar refractivity (Wildman–Crippen MR) is 152 cm³/mol. The van der Waals surface area contributed by atoms with E-state index in [0.29, 0.717) is 5.75 Å². The van der Waals surface area contributed by atoms with E-state index in [1.807, 2.05) is 54.6 Å². The first-order chi connectivity index (χ1) is 18.2. The zero-order chi connectivity index (χ0) is 25.2. The number of hydrogen-bond acceptors (Lipinski definition) is 3. The Hall–Kier alpha value is -4.60. The molecule has 37 heavy (non-hydrogen) atoms. The lowest BCUT2D eigenvalue weighted by atomic mass is 9.90. The highest BCUT2D eigenvalue weighted by Crippen LogP contribution is 2.46. The lowest BCUT2D eigenvalue weighted by Crippen LogP contribution is -2.03. The van der Waals surface area contributed by atoms with Crippen LogP contribution in [0.3, 0.4) is 0 Å². The molecule has 0 atom stereocenters. The van der Waals surface area contributed by atoms with Gasteiger partial charge in [0.15, 0.2) is 0 Å². The summed E-state index contributed by atoms with van der Waals surface area (Å²) >= 11 is 0. The van der Waals surface area contributed by atoms with Gasteiger partial charge in [-0.2, -0.15) is 0 Å². The number of phenols is 1. The summed E-state index contributed by atoms with van der Waals surface area (Å²) in [6, 6.07) is 40.9. The first kappa shape index (κ1) is 22.8. The Balaban J connectivity index is 1.58. The molecule has 0 spiro atoms. The summed E-state index contributed by atoms with van der Waals surface area (Å²) in [4.78, 5) is 0. The number of aliphatic hydroxyl groups is 1.